The Morgan fingerprint density at radius 3 is 2.47 bits per heavy atom. The molecule has 1 unspecified atom stereocenters. The van der Waals surface area contributed by atoms with E-state index in [0.29, 0.717) is 12.3 Å². The van der Waals surface area contributed by atoms with E-state index >= 15 is 0 Å². The smallest absolute Gasteiger partial charge is 0.303 e. The molecule has 2 fully saturated rings. The maximum Gasteiger partial charge on any atom is 0.303 e. The van der Waals surface area contributed by atoms with Crippen LogP contribution in [-0.2, 0) is 14.3 Å². The normalized spacial score (nSPS) is 32.3. The van der Waals surface area contributed by atoms with Crippen molar-refractivity contribution in [3.05, 3.63) is 0 Å². The van der Waals surface area contributed by atoms with E-state index in [2.05, 4.69) is 0 Å². The first-order chi connectivity index (χ1) is 7.23. The van der Waals surface area contributed by atoms with Gasteiger partial charge >= 0.3 is 5.97 Å². The Kier molecular flexibility index (Phi) is 3.26. The van der Waals surface area contributed by atoms with Gasteiger partial charge in [-0.2, -0.15) is 0 Å². The van der Waals surface area contributed by atoms with Crippen molar-refractivity contribution in [1.82, 2.24) is 0 Å². The van der Waals surface area contributed by atoms with E-state index in [1.54, 1.807) is 0 Å². The molecule has 2 aliphatic heterocycles. The summed E-state index contributed by atoms with van der Waals surface area (Å²) in [7, 11) is 0. The zero-order valence-electron chi connectivity index (χ0n) is 8.91. The lowest BCUT2D eigenvalue weighted by molar-refractivity contribution is -0.201. The molecule has 86 valence electrons. The Bertz CT molecular complexity index is 229. The van der Waals surface area contributed by atoms with Gasteiger partial charge in [-0.1, -0.05) is 0 Å². The predicted octanol–water partition coefficient (Wildman–Crippen LogP) is 1.44. The predicted molar refractivity (Wildman–Crippen MR) is 53.7 cm³/mol. The summed E-state index contributed by atoms with van der Waals surface area (Å²) in [6.07, 6.45) is 3.93. The largest absolute Gasteiger partial charge is 0.481 e. The molecular weight excluding hydrogens is 196 g/mol. The van der Waals surface area contributed by atoms with Crippen LogP contribution in [0.5, 0.6) is 0 Å². The van der Waals surface area contributed by atoms with Crippen LogP contribution >= 0.6 is 0 Å². The molecule has 0 aromatic heterocycles. The van der Waals surface area contributed by atoms with Crippen LogP contribution in [0.3, 0.4) is 0 Å². The molecule has 4 heteroatoms. The SMILES string of the molecule is O=C(O)CCC1(C2CCOCC2)CCO1. The van der Waals surface area contributed by atoms with E-state index in [1.807, 2.05) is 0 Å². The van der Waals surface area contributed by atoms with Crippen LogP contribution in [0.15, 0.2) is 0 Å². The van der Waals surface area contributed by atoms with E-state index in [-0.39, 0.29) is 12.0 Å². The maximum absolute atomic E-state index is 10.6. The number of carboxylic acid groups (broad SMARTS) is 1. The van der Waals surface area contributed by atoms with Crippen LogP contribution in [0.1, 0.15) is 32.1 Å². The first-order valence-electron chi connectivity index (χ1n) is 5.66. The van der Waals surface area contributed by atoms with Crippen molar-refractivity contribution in [1.29, 1.82) is 0 Å². The first-order valence-corrected chi connectivity index (χ1v) is 5.66. The Balaban J connectivity index is 1.91. The van der Waals surface area contributed by atoms with Gasteiger partial charge in [0, 0.05) is 26.1 Å². The topological polar surface area (TPSA) is 55.8 Å². The molecule has 2 saturated heterocycles. The van der Waals surface area contributed by atoms with E-state index in [1.165, 1.54) is 0 Å². The number of carbonyl (C=O) groups is 1. The van der Waals surface area contributed by atoms with Gasteiger partial charge in [-0.05, 0) is 25.2 Å². The molecule has 0 amide bonds. The number of hydrogen-bond acceptors (Lipinski definition) is 3. The molecule has 0 spiro atoms. The van der Waals surface area contributed by atoms with Gasteiger partial charge in [0.15, 0.2) is 0 Å². The lowest BCUT2D eigenvalue weighted by Crippen LogP contribution is -2.51. The summed E-state index contributed by atoms with van der Waals surface area (Å²) in [6, 6.07) is 0. The van der Waals surface area contributed by atoms with Gasteiger partial charge < -0.3 is 14.6 Å². The molecule has 0 aliphatic carbocycles. The van der Waals surface area contributed by atoms with E-state index in [4.69, 9.17) is 14.6 Å². The maximum atomic E-state index is 10.6. The monoisotopic (exact) mass is 214 g/mol. The van der Waals surface area contributed by atoms with Gasteiger partial charge in [0.05, 0.1) is 12.2 Å². The third kappa shape index (κ3) is 2.32. The molecule has 0 radical (unpaired) electrons. The molecule has 0 aromatic carbocycles. The van der Waals surface area contributed by atoms with Crippen LogP contribution in [-0.4, -0.2) is 36.5 Å². The summed E-state index contributed by atoms with van der Waals surface area (Å²) in [6.45, 7) is 2.38. The van der Waals surface area contributed by atoms with Crippen molar-refractivity contribution >= 4 is 5.97 Å². The zero-order valence-corrected chi connectivity index (χ0v) is 8.91. The highest BCUT2D eigenvalue weighted by Crippen LogP contribution is 2.42. The Hall–Kier alpha value is -0.610. The molecule has 2 aliphatic rings. The van der Waals surface area contributed by atoms with Crippen molar-refractivity contribution in [3.8, 4) is 0 Å². The summed E-state index contributed by atoms with van der Waals surface area (Å²) in [4.78, 5) is 10.6. The number of hydrogen-bond donors (Lipinski definition) is 1. The fourth-order valence-electron chi connectivity index (χ4n) is 2.63. The molecule has 0 saturated carbocycles. The Morgan fingerprint density at radius 2 is 2.00 bits per heavy atom. The average Bonchev–Trinajstić information content (AvgIpc) is 2.17. The minimum absolute atomic E-state index is 0.137. The first kappa shape index (κ1) is 10.9. The van der Waals surface area contributed by atoms with Crippen LogP contribution < -0.4 is 0 Å². The summed E-state index contributed by atoms with van der Waals surface area (Å²) < 4.78 is 11.0. The molecule has 0 bridgehead atoms. The minimum atomic E-state index is -0.725. The van der Waals surface area contributed by atoms with E-state index in [9.17, 15) is 4.79 Å². The molecular formula is C11H18O4. The van der Waals surface area contributed by atoms with Gasteiger partial charge in [-0.15, -0.1) is 0 Å². The number of ether oxygens (including phenoxy) is 2. The molecule has 0 aromatic rings. The lowest BCUT2D eigenvalue weighted by Gasteiger charge is -2.49. The summed E-state index contributed by atoms with van der Waals surface area (Å²) >= 11 is 0. The second kappa shape index (κ2) is 4.49. The second-order valence-electron chi connectivity index (χ2n) is 4.44. The van der Waals surface area contributed by atoms with Crippen molar-refractivity contribution in [2.75, 3.05) is 19.8 Å². The molecule has 1 N–H and O–H groups in total. The fraction of sp³-hybridized carbons (Fsp3) is 0.909. The highest BCUT2D eigenvalue weighted by molar-refractivity contribution is 5.66. The van der Waals surface area contributed by atoms with Crippen molar-refractivity contribution in [3.63, 3.8) is 0 Å². The molecule has 2 heterocycles. The van der Waals surface area contributed by atoms with E-state index in [0.717, 1.165) is 39.1 Å². The highest BCUT2D eigenvalue weighted by atomic mass is 16.5. The van der Waals surface area contributed by atoms with Gasteiger partial charge in [0.25, 0.3) is 0 Å². The number of aliphatic carboxylic acids is 1. The van der Waals surface area contributed by atoms with Gasteiger partial charge in [-0.25, -0.2) is 0 Å². The number of carboxylic acids is 1. The van der Waals surface area contributed by atoms with Crippen LogP contribution in [0.25, 0.3) is 0 Å². The quantitative estimate of drug-likeness (QED) is 0.769. The van der Waals surface area contributed by atoms with Crippen molar-refractivity contribution < 1.29 is 19.4 Å². The third-order valence-electron chi connectivity index (χ3n) is 3.64. The molecule has 15 heavy (non-hydrogen) atoms. The molecule has 1 atom stereocenters. The van der Waals surface area contributed by atoms with Crippen molar-refractivity contribution in [2.45, 2.75) is 37.7 Å². The molecule has 4 nitrogen and oxygen atoms in total. The summed E-state index contributed by atoms with van der Waals surface area (Å²) in [5.41, 5.74) is -0.137. The third-order valence-corrected chi connectivity index (χ3v) is 3.64. The lowest BCUT2D eigenvalue weighted by atomic mass is 9.74. The van der Waals surface area contributed by atoms with Gasteiger partial charge in [0.1, 0.15) is 0 Å². The van der Waals surface area contributed by atoms with Crippen LogP contribution in [0, 0.1) is 5.92 Å². The Morgan fingerprint density at radius 1 is 1.33 bits per heavy atom. The summed E-state index contributed by atoms with van der Waals surface area (Å²) in [5.74, 6) is -0.226. The van der Waals surface area contributed by atoms with E-state index < -0.39 is 5.97 Å². The zero-order chi connectivity index (χ0) is 10.7. The fourth-order valence-corrected chi connectivity index (χ4v) is 2.63. The van der Waals surface area contributed by atoms with Gasteiger partial charge in [0.2, 0.25) is 0 Å². The standard InChI is InChI=1S/C11H18O4/c12-10(13)1-4-11(5-8-15-11)9-2-6-14-7-3-9/h9H,1-8H2,(H,12,13). The Labute approximate surface area is 89.6 Å². The summed E-state index contributed by atoms with van der Waals surface area (Å²) in [5, 5.41) is 8.71. The molecule has 2 rings (SSSR count). The van der Waals surface area contributed by atoms with Crippen LogP contribution in [0.2, 0.25) is 0 Å². The average molecular weight is 214 g/mol. The highest BCUT2D eigenvalue weighted by Gasteiger charge is 2.45. The number of rotatable bonds is 4. The van der Waals surface area contributed by atoms with Gasteiger partial charge in [-0.3, -0.25) is 4.79 Å². The van der Waals surface area contributed by atoms with Crippen molar-refractivity contribution in [2.24, 2.45) is 5.92 Å². The minimum Gasteiger partial charge on any atom is -0.481 e. The second-order valence-corrected chi connectivity index (χ2v) is 4.44. The van der Waals surface area contributed by atoms with Crippen LogP contribution in [0.4, 0.5) is 0 Å².